The maximum atomic E-state index is 11.5. The Hall–Kier alpha value is -2.36. The summed E-state index contributed by atoms with van der Waals surface area (Å²) in [6.45, 7) is 2.02. The number of nitrogens with one attached hydrogen (secondary N) is 1. The molecule has 0 fully saturated rings. The Morgan fingerprint density at radius 1 is 1.47 bits per heavy atom. The van der Waals surface area contributed by atoms with E-state index < -0.39 is 0 Å². The highest BCUT2D eigenvalue weighted by molar-refractivity contribution is 5.92. The summed E-state index contributed by atoms with van der Waals surface area (Å²) in [5.74, 6) is 1.23. The van der Waals surface area contributed by atoms with Crippen molar-refractivity contribution in [3.63, 3.8) is 0 Å². The van der Waals surface area contributed by atoms with E-state index in [0.29, 0.717) is 11.4 Å². The lowest BCUT2D eigenvalue weighted by molar-refractivity contribution is 0.0958. The third kappa shape index (κ3) is 3.55. The number of carbonyl (C=O) groups is 1. The summed E-state index contributed by atoms with van der Waals surface area (Å²) in [4.78, 5) is 15.5. The van der Waals surface area contributed by atoms with Gasteiger partial charge in [0.05, 0.1) is 0 Å². The van der Waals surface area contributed by atoms with Crippen LogP contribution in [0.3, 0.4) is 0 Å². The van der Waals surface area contributed by atoms with Crippen LogP contribution in [0.4, 0.5) is 0 Å². The maximum Gasteiger partial charge on any atom is 0.269 e. The first-order valence-electron chi connectivity index (χ1n) is 6.09. The van der Waals surface area contributed by atoms with Crippen LogP contribution in [0.5, 0.6) is 5.75 Å². The van der Waals surface area contributed by atoms with Crippen molar-refractivity contribution in [3.05, 3.63) is 59.7 Å². The van der Waals surface area contributed by atoms with Gasteiger partial charge in [0.25, 0.3) is 5.91 Å². The lowest BCUT2D eigenvalue weighted by Gasteiger charge is -2.09. The van der Waals surface area contributed by atoms with Crippen molar-refractivity contribution in [2.24, 2.45) is 0 Å². The molecule has 4 heteroatoms. The van der Waals surface area contributed by atoms with E-state index in [-0.39, 0.29) is 5.91 Å². The summed E-state index contributed by atoms with van der Waals surface area (Å²) in [6, 6.07) is 3.37. The molecule has 1 aromatic rings. The van der Waals surface area contributed by atoms with Gasteiger partial charge in [-0.25, -0.2) is 0 Å². The van der Waals surface area contributed by atoms with Gasteiger partial charge in [-0.05, 0) is 24.6 Å². The van der Waals surface area contributed by atoms with Gasteiger partial charge in [-0.1, -0.05) is 18.2 Å². The molecule has 1 aliphatic rings. The number of ether oxygens (including phenoxy) is 1. The van der Waals surface area contributed by atoms with E-state index >= 15 is 0 Å². The number of hydrogen-bond acceptors (Lipinski definition) is 3. The molecule has 0 saturated carbocycles. The first-order chi connectivity index (χ1) is 9.19. The summed E-state index contributed by atoms with van der Waals surface area (Å²) in [5, 5.41) is 2.54. The Balaban J connectivity index is 2.17. The van der Waals surface area contributed by atoms with Gasteiger partial charge in [-0.15, -0.1) is 0 Å². The summed E-state index contributed by atoms with van der Waals surface area (Å²) in [5.41, 5.74) is 1.47. The first-order valence-corrected chi connectivity index (χ1v) is 6.09. The lowest BCUT2D eigenvalue weighted by atomic mass is 10.2. The van der Waals surface area contributed by atoms with Crippen molar-refractivity contribution in [2.75, 3.05) is 7.05 Å². The van der Waals surface area contributed by atoms with Gasteiger partial charge in [0.15, 0.2) is 0 Å². The van der Waals surface area contributed by atoms with Gasteiger partial charge in [-0.3, -0.25) is 9.78 Å². The molecule has 0 radical (unpaired) electrons. The third-order valence-electron chi connectivity index (χ3n) is 2.64. The summed E-state index contributed by atoms with van der Waals surface area (Å²) in [6.07, 6.45) is 10.3. The van der Waals surface area contributed by atoms with Gasteiger partial charge in [-0.2, -0.15) is 0 Å². The molecule has 19 heavy (non-hydrogen) atoms. The standard InChI is InChI=1S/C15H16N2O2/c1-11-5-3-4-6-12(9-11)19-13-7-8-17-14(10-13)15(18)16-2/h3-5,7-10H,6H2,1-2H3,(H,16,18). The predicted octanol–water partition coefficient (Wildman–Crippen LogP) is 2.61. The number of hydrogen-bond donors (Lipinski definition) is 1. The van der Waals surface area contributed by atoms with Crippen molar-refractivity contribution in [3.8, 4) is 5.75 Å². The molecule has 0 aromatic carbocycles. The van der Waals surface area contributed by atoms with E-state index in [1.165, 1.54) is 0 Å². The van der Waals surface area contributed by atoms with Gasteiger partial charge < -0.3 is 10.1 Å². The SMILES string of the molecule is CNC(=O)c1cc(OC2=CC(C)=CC=CC2)ccn1. The fourth-order valence-corrected chi connectivity index (χ4v) is 1.71. The zero-order chi connectivity index (χ0) is 13.7. The Kier molecular flexibility index (Phi) is 4.13. The molecule has 1 heterocycles. The molecule has 2 rings (SSSR count). The molecule has 0 unspecified atom stereocenters. The smallest absolute Gasteiger partial charge is 0.269 e. The van der Waals surface area contributed by atoms with E-state index in [0.717, 1.165) is 17.8 Å². The Labute approximate surface area is 112 Å². The summed E-state index contributed by atoms with van der Waals surface area (Å²) in [7, 11) is 1.57. The average molecular weight is 256 g/mol. The first kappa shape index (κ1) is 13.1. The summed E-state index contributed by atoms with van der Waals surface area (Å²) >= 11 is 0. The van der Waals surface area contributed by atoms with E-state index in [9.17, 15) is 4.79 Å². The molecule has 0 saturated heterocycles. The van der Waals surface area contributed by atoms with Crippen molar-refractivity contribution in [2.45, 2.75) is 13.3 Å². The third-order valence-corrected chi connectivity index (χ3v) is 2.64. The Morgan fingerprint density at radius 2 is 2.32 bits per heavy atom. The highest BCUT2D eigenvalue weighted by Crippen LogP contribution is 2.19. The fourth-order valence-electron chi connectivity index (χ4n) is 1.71. The second kappa shape index (κ2) is 6.00. The molecular weight excluding hydrogens is 240 g/mol. The quantitative estimate of drug-likeness (QED) is 0.904. The number of rotatable bonds is 3. The van der Waals surface area contributed by atoms with Crippen molar-refractivity contribution >= 4 is 5.91 Å². The minimum Gasteiger partial charge on any atom is -0.461 e. The van der Waals surface area contributed by atoms with Gasteiger partial charge >= 0.3 is 0 Å². The van der Waals surface area contributed by atoms with Gasteiger partial charge in [0.1, 0.15) is 17.2 Å². The molecule has 4 nitrogen and oxygen atoms in total. The van der Waals surface area contributed by atoms with Crippen molar-refractivity contribution in [1.82, 2.24) is 10.3 Å². The largest absolute Gasteiger partial charge is 0.461 e. The molecule has 0 spiro atoms. The normalized spacial score (nSPS) is 14.2. The van der Waals surface area contributed by atoms with Crippen molar-refractivity contribution < 1.29 is 9.53 Å². The van der Waals surface area contributed by atoms with Crippen LogP contribution in [0, 0.1) is 0 Å². The number of pyridine rings is 1. The fraction of sp³-hybridized carbons (Fsp3) is 0.200. The monoisotopic (exact) mass is 256 g/mol. The molecule has 98 valence electrons. The summed E-state index contributed by atoms with van der Waals surface area (Å²) < 4.78 is 5.79. The van der Waals surface area contributed by atoms with Crippen LogP contribution in [0.1, 0.15) is 23.8 Å². The number of allylic oxidation sites excluding steroid dienone is 5. The van der Waals surface area contributed by atoms with Gasteiger partial charge in [0, 0.05) is 25.7 Å². The minimum absolute atomic E-state index is 0.226. The predicted molar refractivity (Wildman–Crippen MR) is 73.9 cm³/mol. The van der Waals surface area contributed by atoms with Crippen LogP contribution >= 0.6 is 0 Å². The van der Waals surface area contributed by atoms with E-state index in [1.807, 2.05) is 31.2 Å². The highest BCUT2D eigenvalue weighted by atomic mass is 16.5. The van der Waals surface area contributed by atoms with Crippen LogP contribution < -0.4 is 10.1 Å². The van der Waals surface area contributed by atoms with Crippen LogP contribution in [-0.2, 0) is 0 Å². The number of amides is 1. The molecule has 1 aromatic heterocycles. The average Bonchev–Trinajstić information content (AvgIpc) is 2.62. The second-order valence-electron chi connectivity index (χ2n) is 4.21. The van der Waals surface area contributed by atoms with Gasteiger partial charge in [0.2, 0.25) is 0 Å². The number of aromatic nitrogens is 1. The number of nitrogens with zero attached hydrogens (tertiary/aromatic N) is 1. The second-order valence-corrected chi connectivity index (χ2v) is 4.21. The zero-order valence-electron chi connectivity index (χ0n) is 11.0. The highest BCUT2D eigenvalue weighted by Gasteiger charge is 2.08. The molecule has 1 N–H and O–H groups in total. The van der Waals surface area contributed by atoms with Crippen molar-refractivity contribution in [1.29, 1.82) is 0 Å². The van der Waals surface area contributed by atoms with Crippen LogP contribution in [0.2, 0.25) is 0 Å². The molecule has 0 bridgehead atoms. The van der Waals surface area contributed by atoms with Crippen LogP contribution in [0.25, 0.3) is 0 Å². The molecule has 0 aliphatic heterocycles. The molecule has 1 aliphatic carbocycles. The van der Waals surface area contributed by atoms with Crippen LogP contribution in [-0.4, -0.2) is 17.9 Å². The Bertz CT molecular complexity index is 571. The van der Waals surface area contributed by atoms with E-state index in [4.69, 9.17) is 4.74 Å². The van der Waals surface area contributed by atoms with Crippen LogP contribution in [0.15, 0.2) is 54.0 Å². The molecular formula is C15H16N2O2. The van der Waals surface area contributed by atoms with E-state index in [1.54, 1.807) is 25.4 Å². The molecule has 0 atom stereocenters. The lowest BCUT2D eigenvalue weighted by Crippen LogP contribution is -2.19. The topological polar surface area (TPSA) is 51.2 Å². The van der Waals surface area contributed by atoms with E-state index in [2.05, 4.69) is 10.3 Å². The number of carbonyl (C=O) groups excluding carboxylic acids is 1. The Morgan fingerprint density at radius 3 is 3.11 bits per heavy atom. The minimum atomic E-state index is -0.226. The molecule has 1 amide bonds. The maximum absolute atomic E-state index is 11.5. The zero-order valence-corrected chi connectivity index (χ0v) is 11.0.